The summed E-state index contributed by atoms with van der Waals surface area (Å²) in [4.78, 5) is 15.8. The van der Waals surface area contributed by atoms with Crippen molar-refractivity contribution in [3.63, 3.8) is 0 Å². The number of anilines is 1. The number of hydrogen-bond donors (Lipinski definition) is 1. The number of amides is 2. The van der Waals surface area contributed by atoms with Crippen LogP contribution < -0.4 is 10.6 Å². The number of carbonyl (C=O) groups is 1. The fourth-order valence-electron chi connectivity index (χ4n) is 2.54. The maximum absolute atomic E-state index is 12.2. The van der Waals surface area contributed by atoms with Crippen molar-refractivity contribution < 1.29 is 4.79 Å². The van der Waals surface area contributed by atoms with E-state index in [4.69, 9.17) is 5.73 Å². The molecule has 1 unspecified atom stereocenters. The molecule has 2 rings (SSSR count). The second-order valence-corrected chi connectivity index (χ2v) is 5.22. The minimum absolute atomic E-state index is 0.0599. The van der Waals surface area contributed by atoms with Crippen molar-refractivity contribution >= 4 is 11.7 Å². The van der Waals surface area contributed by atoms with Crippen molar-refractivity contribution in [2.45, 2.75) is 13.8 Å². The Morgan fingerprint density at radius 1 is 1.22 bits per heavy atom. The quantitative estimate of drug-likeness (QED) is 0.865. The second-order valence-electron chi connectivity index (χ2n) is 5.22. The number of urea groups is 1. The standard InChI is InChI=1S/C14H21N3O/c1-10-4-11(2)6-13(5-10)17-9-12(7-15)8-16(3)14(17)18/h4-6,12H,7-9,15H2,1-3H3. The van der Waals surface area contributed by atoms with Crippen molar-refractivity contribution in [3.05, 3.63) is 29.3 Å². The van der Waals surface area contributed by atoms with E-state index in [0.717, 1.165) is 12.2 Å². The van der Waals surface area contributed by atoms with E-state index in [1.165, 1.54) is 11.1 Å². The normalized spacial score (nSPS) is 20.4. The molecular formula is C14H21N3O. The molecule has 4 heteroatoms. The zero-order chi connectivity index (χ0) is 13.3. The van der Waals surface area contributed by atoms with Gasteiger partial charge in [-0.25, -0.2) is 4.79 Å². The van der Waals surface area contributed by atoms with Crippen LogP contribution in [0, 0.1) is 19.8 Å². The molecule has 0 aromatic heterocycles. The molecule has 1 aliphatic heterocycles. The van der Waals surface area contributed by atoms with Crippen molar-refractivity contribution in [1.29, 1.82) is 0 Å². The van der Waals surface area contributed by atoms with Crippen molar-refractivity contribution in [2.75, 3.05) is 31.6 Å². The molecule has 1 aromatic rings. The van der Waals surface area contributed by atoms with Crippen LogP contribution in [0.1, 0.15) is 11.1 Å². The van der Waals surface area contributed by atoms with Crippen LogP contribution >= 0.6 is 0 Å². The van der Waals surface area contributed by atoms with Gasteiger partial charge in [-0.1, -0.05) is 6.07 Å². The van der Waals surface area contributed by atoms with Crippen LogP contribution in [0.15, 0.2) is 18.2 Å². The molecule has 1 atom stereocenters. The molecule has 1 aliphatic rings. The Bertz CT molecular complexity index is 438. The zero-order valence-corrected chi connectivity index (χ0v) is 11.3. The summed E-state index contributed by atoms with van der Waals surface area (Å²) in [5, 5.41) is 0. The molecular weight excluding hydrogens is 226 g/mol. The summed E-state index contributed by atoms with van der Waals surface area (Å²) in [7, 11) is 1.83. The highest BCUT2D eigenvalue weighted by molar-refractivity contribution is 5.92. The number of carbonyl (C=O) groups excluding carboxylic acids is 1. The van der Waals surface area contributed by atoms with Gasteiger partial charge in [-0.3, -0.25) is 4.90 Å². The van der Waals surface area contributed by atoms with Gasteiger partial charge in [0, 0.05) is 31.7 Å². The van der Waals surface area contributed by atoms with Gasteiger partial charge in [-0.2, -0.15) is 0 Å². The van der Waals surface area contributed by atoms with Gasteiger partial charge < -0.3 is 10.6 Å². The molecule has 2 amide bonds. The largest absolute Gasteiger partial charge is 0.330 e. The van der Waals surface area contributed by atoms with Crippen LogP contribution in [0.2, 0.25) is 0 Å². The molecule has 1 fully saturated rings. The van der Waals surface area contributed by atoms with Gasteiger partial charge in [0.25, 0.3) is 0 Å². The Balaban J connectivity index is 2.32. The first-order valence-corrected chi connectivity index (χ1v) is 6.32. The predicted octanol–water partition coefficient (Wildman–Crippen LogP) is 1.75. The summed E-state index contributed by atoms with van der Waals surface area (Å²) in [5.74, 6) is 0.341. The van der Waals surface area contributed by atoms with Crippen LogP contribution in [0.5, 0.6) is 0 Å². The number of rotatable bonds is 2. The Morgan fingerprint density at radius 3 is 2.39 bits per heavy atom. The topological polar surface area (TPSA) is 49.6 Å². The summed E-state index contributed by atoms with van der Waals surface area (Å²) >= 11 is 0. The van der Waals surface area contributed by atoms with Gasteiger partial charge in [0.2, 0.25) is 0 Å². The Morgan fingerprint density at radius 2 is 1.83 bits per heavy atom. The van der Waals surface area contributed by atoms with Gasteiger partial charge >= 0.3 is 6.03 Å². The molecule has 18 heavy (non-hydrogen) atoms. The smallest absolute Gasteiger partial charge is 0.324 e. The molecule has 0 spiro atoms. The van der Waals surface area contributed by atoms with Crippen LogP contribution in [-0.2, 0) is 0 Å². The highest BCUT2D eigenvalue weighted by Crippen LogP contribution is 2.24. The van der Waals surface area contributed by atoms with E-state index in [0.29, 0.717) is 19.0 Å². The summed E-state index contributed by atoms with van der Waals surface area (Å²) in [6.07, 6.45) is 0. The van der Waals surface area contributed by atoms with E-state index in [-0.39, 0.29) is 6.03 Å². The summed E-state index contributed by atoms with van der Waals surface area (Å²) in [6, 6.07) is 6.28. The maximum Gasteiger partial charge on any atom is 0.324 e. The second kappa shape index (κ2) is 4.98. The highest BCUT2D eigenvalue weighted by atomic mass is 16.2. The van der Waals surface area contributed by atoms with Crippen LogP contribution in [-0.4, -0.2) is 37.6 Å². The average molecular weight is 247 g/mol. The summed E-state index contributed by atoms with van der Waals surface area (Å²) in [6.45, 7) is 6.17. The first kappa shape index (κ1) is 12.9. The Labute approximate surface area is 108 Å². The SMILES string of the molecule is Cc1cc(C)cc(N2CC(CN)CN(C)C2=O)c1. The predicted molar refractivity (Wildman–Crippen MR) is 73.8 cm³/mol. The summed E-state index contributed by atoms with van der Waals surface area (Å²) in [5.41, 5.74) is 9.07. The Hall–Kier alpha value is -1.55. The molecule has 1 aromatic carbocycles. The van der Waals surface area contributed by atoms with Crippen molar-refractivity contribution in [3.8, 4) is 0 Å². The van der Waals surface area contributed by atoms with E-state index in [2.05, 4.69) is 32.0 Å². The van der Waals surface area contributed by atoms with Gasteiger partial charge in [-0.05, 0) is 43.7 Å². The lowest BCUT2D eigenvalue weighted by molar-refractivity contribution is 0.194. The lowest BCUT2D eigenvalue weighted by atomic mass is 10.0. The molecule has 98 valence electrons. The van der Waals surface area contributed by atoms with Crippen LogP contribution in [0.3, 0.4) is 0 Å². The first-order valence-electron chi connectivity index (χ1n) is 6.32. The number of nitrogens with zero attached hydrogens (tertiary/aromatic N) is 2. The van der Waals surface area contributed by atoms with E-state index >= 15 is 0 Å². The van der Waals surface area contributed by atoms with Crippen molar-refractivity contribution in [1.82, 2.24) is 4.90 Å². The molecule has 0 bridgehead atoms. The van der Waals surface area contributed by atoms with Crippen LogP contribution in [0.25, 0.3) is 0 Å². The van der Waals surface area contributed by atoms with Gasteiger partial charge in [0.05, 0.1) is 0 Å². The fraction of sp³-hybridized carbons (Fsp3) is 0.500. The molecule has 1 saturated heterocycles. The molecule has 2 N–H and O–H groups in total. The number of hydrogen-bond acceptors (Lipinski definition) is 2. The number of aryl methyl sites for hydroxylation is 2. The molecule has 0 saturated carbocycles. The number of benzene rings is 1. The third kappa shape index (κ3) is 2.48. The third-order valence-corrected chi connectivity index (χ3v) is 3.38. The maximum atomic E-state index is 12.2. The zero-order valence-electron chi connectivity index (χ0n) is 11.3. The highest BCUT2D eigenvalue weighted by Gasteiger charge is 2.29. The van der Waals surface area contributed by atoms with Crippen LogP contribution in [0.4, 0.5) is 10.5 Å². The van der Waals surface area contributed by atoms with Gasteiger partial charge in [-0.15, -0.1) is 0 Å². The summed E-state index contributed by atoms with van der Waals surface area (Å²) < 4.78 is 0. The molecule has 0 aliphatic carbocycles. The fourth-order valence-corrected chi connectivity index (χ4v) is 2.54. The van der Waals surface area contributed by atoms with Crippen molar-refractivity contribution in [2.24, 2.45) is 11.7 Å². The van der Waals surface area contributed by atoms with E-state index < -0.39 is 0 Å². The van der Waals surface area contributed by atoms with E-state index in [1.54, 1.807) is 4.90 Å². The average Bonchev–Trinajstić information content (AvgIpc) is 2.31. The van der Waals surface area contributed by atoms with Gasteiger partial charge in [0.15, 0.2) is 0 Å². The minimum Gasteiger partial charge on any atom is -0.330 e. The monoisotopic (exact) mass is 247 g/mol. The van der Waals surface area contributed by atoms with E-state index in [9.17, 15) is 4.79 Å². The first-order chi connectivity index (χ1) is 8.51. The lowest BCUT2D eigenvalue weighted by Gasteiger charge is -2.38. The van der Waals surface area contributed by atoms with E-state index in [1.807, 2.05) is 11.9 Å². The minimum atomic E-state index is 0.0599. The lowest BCUT2D eigenvalue weighted by Crippen LogP contribution is -2.53. The molecule has 0 radical (unpaired) electrons. The molecule has 4 nitrogen and oxygen atoms in total. The number of nitrogens with two attached hydrogens (primary N) is 1. The molecule has 1 heterocycles. The van der Waals surface area contributed by atoms with Gasteiger partial charge in [0.1, 0.15) is 0 Å². The Kier molecular flexibility index (Phi) is 3.57. The third-order valence-electron chi connectivity index (χ3n) is 3.38.